The summed E-state index contributed by atoms with van der Waals surface area (Å²) >= 11 is 13.2. The molecule has 0 saturated carbocycles. The van der Waals surface area contributed by atoms with Gasteiger partial charge in [0, 0.05) is 0 Å². The van der Waals surface area contributed by atoms with Crippen molar-refractivity contribution in [3.63, 3.8) is 0 Å². The van der Waals surface area contributed by atoms with Gasteiger partial charge in [-0.3, -0.25) is 4.79 Å². The van der Waals surface area contributed by atoms with Gasteiger partial charge in [0.1, 0.15) is 11.4 Å². The van der Waals surface area contributed by atoms with Crippen LogP contribution in [0.2, 0.25) is 10.0 Å². The van der Waals surface area contributed by atoms with Crippen molar-refractivity contribution < 1.29 is 18.0 Å². The number of rotatable bonds is 3. The van der Waals surface area contributed by atoms with Crippen molar-refractivity contribution >= 4 is 41.2 Å². The number of alkyl halides is 3. The van der Waals surface area contributed by atoms with Crippen LogP contribution in [0.4, 0.5) is 13.2 Å². The molecule has 0 N–H and O–H groups in total. The molecule has 1 aromatic carbocycles. The second-order valence-corrected chi connectivity index (χ2v) is 5.95. The van der Waals surface area contributed by atoms with E-state index in [9.17, 15) is 18.0 Å². The molecule has 22 heavy (non-hydrogen) atoms. The van der Waals surface area contributed by atoms with E-state index < -0.39 is 11.7 Å². The van der Waals surface area contributed by atoms with Gasteiger partial charge in [-0.2, -0.15) is 18.3 Å². The second kappa shape index (κ2) is 6.14. The Bertz CT molecular complexity index is 721. The third-order valence-electron chi connectivity index (χ3n) is 2.96. The van der Waals surface area contributed by atoms with E-state index in [4.69, 9.17) is 23.2 Å². The first-order valence-corrected chi connectivity index (χ1v) is 7.84. The third kappa shape index (κ3) is 2.98. The summed E-state index contributed by atoms with van der Waals surface area (Å²) in [5.74, 6) is 0. The number of carbonyl (C=O) groups is 1. The molecule has 3 nitrogen and oxygen atoms in total. The standard InChI is InChI=1S/C13H9Cl2F3N2OS/c1-6-12(22-2)10(5-21)19-20(6)11-8(14)3-7(4-9(11)15)13(16,17)18/h3-5H,1-2H3. The van der Waals surface area contributed by atoms with E-state index in [-0.39, 0.29) is 21.4 Å². The minimum Gasteiger partial charge on any atom is -0.296 e. The number of aromatic nitrogens is 2. The third-order valence-corrected chi connectivity index (χ3v) is 4.45. The van der Waals surface area contributed by atoms with Gasteiger partial charge in [-0.25, -0.2) is 4.68 Å². The van der Waals surface area contributed by atoms with E-state index in [0.29, 0.717) is 16.9 Å². The zero-order valence-corrected chi connectivity index (χ0v) is 13.7. The predicted octanol–water partition coefficient (Wildman–Crippen LogP) is 5.04. The van der Waals surface area contributed by atoms with E-state index in [1.165, 1.54) is 16.4 Å². The summed E-state index contributed by atoms with van der Waals surface area (Å²) in [5, 5.41) is 3.66. The largest absolute Gasteiger partial charge is 0.416 e. The lowest BCUT2D eigenvalue weighted by Gasteiger charge is -2.13. The molecule has 1 aromatic heterocycles. The van der Waals surface area contributed by atoms with Gasteiger partial charge in [0.15, 0.2) is 6.29 Å². The fraction of sp³-hybridized carbons (Fsp3) is 0.231. The molecule has 0 aliphatic carbocycles. The van der Waals surface area contributed by atoms with Crippen LogP contribution in [-0.2, 0) is 6.18 Å². The van der Waals surface area contributed by atoms with E-state index in [0.717, 1.165) is 12.1 Å². The van der Waals surface area contributed by atoms with Gasteiger partial charge < -0.3 is 0 Å². The molecule has 0 amide bonds. The summed E-state index contributed by atoms with van der Waals surface area (Å²) in [4.78, 5) is 11.6. The van der Waals surface area contributed by atoms with Gasteiger partial charge in [-0.15, -0.1) is 11.8 Å². The predicted molar refractivity (Wildman–Crippen MR) is 80.5 cm³/mol. The topological polar surface area (TPSA) is 34.9 Å². The number of hydrogen-bond donors (Lipinski definition) is 0. The van der Waals surface area contributed by atoms with E-state index in [1.807, 2.05) is 0 Å². The lowest BCUT2D eigenvalue weighted by molar-refractivity contribution is -0.137. The molecule has 0 fully saturated rings. The van der Waals surface area contributed by atoms with Crippen LogP contribution in [0.5, 0.6) is 0 Å². The summed E-state index contributed by atoms with van der Waals surface area (Å²) in [6.07, 6.45) is -2.22. The molecule has 0 unspecified atom stereocenters. The fourth-order valence-electron chi connectivity index (χ4n) is 1.99. The molecule has 0 saturated heterocycles. The molecular weight excluding hydrogens is 360 g/mol. The fourth-order valence-corrected chi connectivity index (χ4v) is 3.32. The molecule has 0 aliphatic heterocycles. The van der Waals surface area contributed by atoms with Crippen LogP contribution < -0.4 is 0 Å². The molecule has 1 heterocycles. The number of hydrogen-bond acceptors (Lipinski definition) is 3. The highest BCUT2D eigenvalue weighted by Crippen LogP contribution is 2.38. The zero-order valence-electron chi connectivity index (χ0n) is 11.3. The zero-order chi connectivity index (χ0) is 16.7. The van der Waals surface area contributed by atoms with Crippen LogP contribution in [0.25, 0.3) is 5.69 Å². The number of benzene rings is 1. The van der Waals surface area contributed by atoms with Crippen LogP contribution in [0.1, 0.15) is 21.7 Å². The molecule has 0 radical (unpaired) electrons. The van der Waals surface area contributed by atoms with Gasteiger partial charge in [-0.1, -0.05) is 23.2 Å². The van der Waals surface area contributed by atoms with Crippen LogP contribution >= 0.6 is 35.0 Å². The molecule has 2 aromatic rings. The minimum absolute atomic E-state index is 0.109. The number of halogens is 5. The van der Waals surface area contributed by atoms with Crippen molar-refractivity contribution in [2.75, 3.05) is 6.26 Å². The van der Waals surface area contributed by atoms with Gasteiger partial charge in [0.05, 0.1) is 26.2 Å². The van der Waals surface area contributed by atoms with Gasteiger partial charge in [0.2, 0.25) is 0 Å². The maximum Gasteiger partial charge on any atom is 0.416 e. The van der Waals surface area contributed by atoms with E-state index in [2.05, 4.69) is 5.10 Å². The van der Waals surface area contributed by atoms with E-state index in [1.54, 1.807) is 13.2 Å². The van der Waals surface area contributed by atoms with Crippen molar-refractivity contribution in [3.8, 4) is 5.69 Å². The smallest absolute Gasteiger partial charge is 0.296 e. The van der Waals surface area contributed by atoms with Gasteiger partial charge in [-0.05, 0) is 25.3 Å². The van der Waals surface area contributed by atoms with E-state index >= 15 is 0 Å². The van der Waals surface area contributed by atoms with Crippen molar-refractivity contribution in [2.45, 2.75) is 18.0 Å². The summed E-state index contributed by atoms with van der Waals surface area (Å²) in [6, 6.07) is 1.56. The Morgan fingerprint density at radius 2 is 1.82 bits per heavy atom. The minimum atomic E-state index is -4.55. The summed E-state index contributed by atoms with van der Waals surface area (Å²) in [6.45, 7) is 1.68. The Labute approximate surface area is 138 Å². The highest BCUT2D eigenvalue weighted by atomic mass is 35.5. The van der Waals surface area contributed by atoms with Gasteiger partial charge >= 0.3 is 6.18 Å². The van der Waals surface area contributed by atoms with Crippen LogP contribution in [0.15, 0.2) is 17.0 Å². The van der Waals surface area contributed by atoms with Crippen molar-refractivity contribution in [2.24, 2.45) is 0 Å². The summed E-state index contributed by atoms with van der Waals surface area (Å²) < 4.78 is 39.5. The molecule has 0 bridgehead atoms. The Balaban J connectivity index is 2.69. The van der Waals surface area contributed by atoms with Crippen molar-refractivity contribution in [1.82, 2.24) is 9.78 Å². The Hall–Kier alpha value is -1.18. The summed E-state index contributed by atoms with van der Waals surface area (Å²) in [5.41, 5.74) is -0.0933. The Morgan fingerprint density at radius 1 is 1.27 bits per heavy atom. The molecule has 0 atom stereocenters. The van der Waals surface area contributed by atoms with Crippen LogP contribution in [0, 0.1) is 6.92 Å². The Morgan fingerprint density at radius 3 is 2.18 bits per heavy atom. The molecule has 0 aliphatic rings. The molecule has 2 rings (SSSR count). The quantitative estimate of drug-likeness (QED) is 0.562. The van der Waals surface area contributed by atoms with Crippen molar-refractivity contribution in [3.05, 3.63) is 39.1 Å². The Kier molecular flexibility index (Phi) is 4.79. The number of carbonyl (C=O) groups excluding carboxylic acids is 1. The second-order valence-electron chi connectivity index (χ2n) is 4.32. The number of thioether (sulfide) groups is 1. The highest BCUT2D eigenvalue weighted by Gasteiger charge is 2.32. The monoisotopic (exact) mass is 368 g/mol. The average molecular weight is 369 g/mol. The SMILES string of the molecule is CSc1c(C=O)nn(-c2c(Cl)cc(C(F)(F)F)cc2Cl)c1C. The molecule has 9 heteroatoms. The first kappa shape index (κ1) is 17.2. The highest BCUT2D eigenvalue weighted by molar-refractivity contribution is 7.98. The number of aldehydes is 1. The maximum absolute atomic E-state index is 12.7. The lowest BCUT2D eigenvalue weighted by atomic mass is 10.2. The maximum atomic E-state index is 12.7. The summed E-state index contributed by atoms with van der Waals surface area (Å²) in [7, 11) is 0. The lowest BCUT2D eigenvalue weighted by Crippen LogP contribution is -2.08. The first-order valence-electron chi connectivity index (χ1n) is 5.86. The number of nitrogens with zero attached hydrogens (tertiary/aromatic N) is 2. The van der Waals surface area contributed by atoms with Gasteiger partial charge in [0.25, 0.3) is 0 Å². The normalized spacial score (nSPS) is 11.8. The molecule has 0 spiro atoms. The molecule has 118 valence electrons. The molecular formula is C13H9Cl2F3N2OS. The van der Waals surface area contributed by atoms with Crippen molar-refractivity contribution in [1.29, 1.82) is 0 Å². The average Bonchev–Trinajstić information content (AvgIpc) is 2.73. The first-order chi connectivity index (χ1) is 10.2. The van der Waals surface area contributed by atoms with Crippen LogP contribution in [-0.4, -0.2) is 22.3 Å². The van der Waals surface area contributed by atoms with Crippen LogP contribution in [0.3, 0.4) is 0 Å².